The van der Waals surface area contributed by atoms with Crippen LogP contribution >= 0.6 is 0 Å². The van der Waals surface area contributed by atoms with Gasteiger partial charge in [-0.25, -0.2) is 0 Å². The van der Waals surface area contributed by atoms with E-state index < -0.39 is 0 Å². The summed E-state index contributed by atoms with van der Waals surface area (Å²) >= 11 is 0. The van der Waals surface area contributed by atoms with E-state index >= 15 is 0 Å². The van der Waals surface area contributed by atoms with Gasteiger partial charge in [-0.3, -0.25) is 4.79 Å². The molecule has 0 fully saturated rings. The highest BCUT2D eigenvalue weighted by Gasteiger charge is 2.25. The molecule has 1 rings (SSSR count). The van der Waals surface area contributed by atoms with Gasteiger partial charge in [0.25, 0.3) is 0 Å². The van der Waals surface area contributed by atoms with Crippen molar-refractivity contribution in [3.8, 4) is 0 Å². The van der Waals surface area contributed by atoms with Gasteiger partial charge in [-0.1, -0.05) is 147 Å². The van der Waals surface area contributed by atoms with Crippen molar-refractivity contribution in [2.45, 2.75) is 156 Å². The van der Waals surface area contributed by atoms with Gasteiger partial charge in [-0.2, -0.15) is 0 Å². The molecule has 0 amide bonds. The molecule has 1 atom stereocenters. The molecule has 1 aromatic rings. The number of hydrogen-bond acceptors (Lipinski definition) is 2. The van der Waals surface area contributed by atoms with E-state index in [9.17, 15) is 4.79 Å². The number of ether oxygens (including phenoxy) is 1. The molecule has 0 N–H and O–H groups in total. The van der Waals surface area contributed by atoms with Gasteiger partial charge < -0.3 is 4.74 Å². The zero-order valence-corrected chi connectivity index (χ0v) is 23.8. The molecule has 0 saturated carbocycles. The topological polar surface area (TPSA) is 26.3 Å². The van der Waals surface area contributed by atoms with Gasteiger partial charge >= 0.3 is 5.97 Å². The van der Waals surface area contributed by atoms with Gasteiger partial charge in [0, 0.05) is 11.8 Å². The van der Waals surface area contributed by atoms with Crippen LogP contribution in [0.5, 0.6) is 0 Å². The molecular weight excluding hydrogens is 428 g/mol. The molecule has 1 unspecified atom stereocenters. The maximum atomic E-state index is 12.5. The standard InChI is InChI=1S/C33H58O2/c1-4-6-8-10-12-13-15-23-29-33(3,28-22-14-11-9-7-5-2)30-35-32(34)27-21-17-20-26-31-24-18-16-19-25-31/h16,18-19,24-25H,4-15,17,20-23,26-30H2,1-3H3. The maximum Gasteiger partial charge on any atom is 0.305 e. The molecule has 35 heavy (non-hydrogen) atoms. The van der Waals surface area contributed by atoms with Crippen molar-refractivity contribution in [2.24, 2.45) is 5.41 Å². The summed E-state index contributed by atoms with van der Waals surface area (Å²) < 4.78 is 5.85. The fraction of sp³-hybridized carbons (Fsp3) is 0.788. The number of rotatable bonds is 24. The van der Waals surface area contributed by atoms with Crippen LogP contribution in [0.25, 0.3) is 0 Å². The summed E-state index contributed by atoms with van der Waals surface area (Å²) in [6.45, 7) is 7.54. The second-order valence-electron chi connectivity index (χ2n) is 11.3. The van der Waals surface area contributed by atoms with Crippen molar-refractivity contribution < 1.29 is 9.53 Å². The summed E-state index contributed by atoms with van der Waals surface area (Å²) in [5.41, 5.74) is 1.54. The van der Waals surface area contributed by atoms with Crippen molar-refractivity contribution in [3.05, 3.63) is 35.9 Å². The third-order valence-electron chi connectivity index (χ3n) is 7.54. The first-order valence-electron chi connectivity index (χ1n) is 15.3. The lowest BCUT2D eigenvalue weighted by Crippen LogP contribution is -2.25. The van der Waals surface area contributed by atoms with Crippen LogP contribution in [-0.4, -0.2) is 12.6 Å². The summed E-state index contributed by atoms with van der Waals surface area (Å²) in [4.78, 5) is 12.5. The van der Waals surface area contributed by atoms with E-state index in [2.05, 4.69) is 51.1 Å². The Balaban J connectivity index is 2.28. The zero-order chi connectivity index (χ0) is 25.5. The summed E-state index contributed by atoms with van der Waals surface area (Å²) in [7, 11) is 0. The third-order valence-corrected chi connectivity index (χ3v) is 7.54. The molecule has 0 aliphatic carbocycles. The molecule has 0 aliphatic rings. The van der Waals surface area contributed by atoms with Crippen molar-refractivity contribution in [3.63, 3.8) is 0 Å². The van der Waals surface area contributed by atoms with Gasteiger partial charge in [0.15, 0.2) is 0 Å². The summed E-state index contributed by atoms with van der Waals surface area (Å²) in [6.07, 6.45) is 26.1. The highest BCUT2D eigenvalue weighted by Crippen LogP contribution is 2.32. The van der Waals surface area contributed by atoms with E-state index in [1.165, 1.54) is 108 Å². The summed E-state index contributed by atoms with van der Waals surface area (Å²) in [5.74, 6) is 0.00908. The highest BCUT2D eigenvalue weighted by atomic mass is 16.5. The first kappa shape index (κ1) is 31.7. The van der Waals surface area contributed by atoms with Crippen molar-refractivity contribution in [1.29, 1.82) is 0 Å². The molecule has 1 aromatic carbocycles. The van der Waals surface area contributed by atoms with Crippen LogP contribution in [-0.2, 0) is 16.0 Å². The molecule has 2 nitrogen and oxygen atoms in total. The van der Waals surface area contributed by atoms with Gasteiger partial charge in [0.2, 0.25) is 0 Å². The van der Waals surface area contributed by atoms with Crippen molar-refractivity contribution >= 4 is 5.97 Å². The summed E-state index contributed by atoms with van der Waals surface area (Å²) in [5, 5.41) is 0. The first-order valence-corrected chi connectivity index (χ1v) is 15.3. The lowest BCUT2D eigenvalue weighted by Gasteiger charge is -2.29. The molecule has 202 valence electrons. The number of esters is 1. The van der Waals surface area contributed by atoms with Crippen molar-refractivity contribution in [2.75, 3.05) is 6.61 Å². The molecule has 0 heterocycles. The Morgan fingerprint density at radius 1 is 0.657 bits per heavy atom. The summed E-state index contributed by atoms with van der Waals surface area (Å²) in [6, 6.07) is 10.6. The van der Waals surface area contributed by atoms with E-state index in [0.29, 0.717) is 13.0 Å². The molecule has 0 aliphatic heterocycles. The Labute approximate surface area is 219 Å². The highest BCUT2D eigenvalue weighted by molar-refractivity contribution is 5.69. The van der Waals surface area contributed by atoms with E-state index in [1.54, 1.807) is 0 Å². The molecule has 2 heteroatoms. The Hall–Kier alpha value is -1.31. The van der Waals surface area contributed by atoms with Gasteiger partial charge in [0.05, 0.1) is 6.61 Å². The molecular formula is C33H58O2. The van der Waals surface area contributed by atoms with Gasteiger partial charge in [-0.15, -0.1) is 0 Å². The molecule has 0 bridgehead atoms. The second kappa shape index (κ2) is 21.9. The number of benzene rings is 1. The minimum absolute atomic E-state index is 0.00908. The Morgan fingerprint density at radius 3 is 1.69 bits per heavy atom. The Kier molecular flexibility index (Phi) is 19.9. The smallest absolute Gasteiger partial charge is 0.305 e. The van der Waals surface area contributed by atoms with Gasteiger partial charge in [0.1, 0.15) is 0 Å². The Bertz CT molecular complexity index is 596. The fourth-order valence-electron chi connectivity index (χ4n) is 5.03. The predicted molar refractivity (Wildman–Crippen MR) is 153 cm³/mol. The normalized spacial score (nSPS) is 13.0. The quantitative estimate of drug-likeness (QED) is 0.107. The predicted octanol–water partition coefficient (Wildman–Crippen LogP) is 10.6. The van der Waals surface area contributed by atoms with Crippen LogP contribution in [0.2, 0.25) is 0 Å². The number of unbranched alkanes of at least 4 members (excludes halogenated alkanes) is 14. The van der Waals surface area contributed by atoms with Crippen LogP contribution in [0.15, 0.2) is 30.3 Å². The molecule has 0 radical (unpaired) electrons. The monoisotopic (exact) mass is 486 g/mol. The average Bonchev–Trinajstić information content (AvgIpc) is 2.87. The molecule has 0 saturated heterocycles. The van der Waals surface area contributed by atoms with Crippen LogP contribution in [0.1, 0.15) is 155 Å². The van der Waals surface area contributed by atoms with E-state index in [-0.39, 0.29) is 11.4 Å². The van der Waals surface area contributed by atoms with Crippen LogP contribution < -0.4 is 0 Å². The average molecular weight is 487 g/mol. The molecule has 0 spiro atoms. The van der Waals surface area contributed by atoms with Crippen LogP contribution in [0.4, 0.5) is 0 Å². The van der Waals surface area contributed by atoms with E-state index in [0.717, 1.165) is 25.7 Å². The number of carbonyl (C=O) groups is 1. The van der Waals surface area contributed by atoms with E-state index in [4.69, 9.17) is 4.74 Å². The van der Waals surface area contributed by atoms with Crippen molar-refractivity contribution in [1.82, 2.24) is 0 Å². The minimum atomic E-state index is 0.00908. The SMILES string of the molecule is CCCCCCCCCCC(C)(CCCCCCCC)COC(=O)CCCCCc1ccccc1. The second-order valence-corrected chi connectivity index (χ2v) is 11.3. The lowest BCUT2D eigenvalue weighted by molar-refractivity contribution is -0.147. The molecule has 0 aromatic heterocycles. The fourth-order valence-corrected chi connectivity index (χ4v) is 5.03. The third kappa shape index (κ3) is 18.6. The van der Waals surface area contributed by atoms with Crippen LogP contribution in [0.3, 0.4) is 0 Å². The van der Waals surface area contributed by atoms with E-state index in [1.807, 2.05) is 0 Å². The number of hydrogen-bond donors (Lipinski definition) is 0. The van der Waals surface area contributed by atoms with Crippen LogP contribution in [0, 0.1) is 5.41 Å². The largest absolute Gasteiger partial charge is 0.465 e. The zero-order valence-electron chi connectivity index (χ0n) is 23.8. The first-order chi connectivity index (χ1) is 17.1. The Morgan fingerprint density at radius 2 is 1.14 bits per heavy atom. The number of aryl methyl sites for hydroxylation is 1. The van der Waals surface area contributed by atoms with Gasteiger partial charge in [-0.05, 0) is 37.7 Å². The lowest BCUT2D eigenvalue weighted by atomic mass is 9.80. The maximum absolute atomic E-state index is 12.5. The minimum Gasteiger partial charge on any atom is -0.465 e. The number of carbonyl (C=O) groups excluding carboxylic acids is 1.